The van der Waals surface area contributed by atoms with Crippen LogP contribution < -0.4 is 0 Å². The van der Waals surface area contributed by atoms with Crippen LogP contribution in [-0.2, 0) is 0 Å². The van der Waals surface area contributed by atoms with Crippen LogP contribution in [0.3, 0.4) is 0 Å². The Balaban J connectivity index is 2.16. The molecule has 0 aromatic carbocycles. The SMILES string of the molecule is ClC12CCCC(Cl)(CCC1)C2. The van der Waals surface area contributed by atoms with Gasteiger partial charge in [0.25, 0.3) is 0 Å². The smallest absolute Gasteiger partial charge is 0.0463 e. The highest BCUT2D eigenvalue weighted by atomic mass is 35.5. The van der Waals surface area contributed by atoms with Crippen LogP contribution in [0.2, 0.25) is 0 Å². The summed E-state index contributed by atoms with van der Waals surface area (Å²) >= 11 is 12.8. The zero-order chi connectivity index (χ0) is 7.95. The minimum absolute atomic E-state index is 0.0816. The fourth-order valence-electron chi connectivity index (χ4n) is 2.62. The molecule has 0 atom stereocenters. The van der Waals surface area contributed by atoms with Crippen molar-refractivity contribution in [3.05, 3.63) is 0 Å². The third kappa shape index (κ3) is 1.53. The molecule has 2 aliphatic carbocycles. The third-order valence-corrected chi connectivity index (χ3v) is 4.16. The number of hydrogen-bond donors (Lipinski definition) is 0. The van der Waals surface area contributed by atoms with E-state index >= 15 is 0 Å². The van der Waals surface area contributed by atoms with Gasteiger partial charge in [-0.05, 0) is 44.9 Å². The van der Waals surface area contributed by atoms with E-state index in [1.807, 2.05) is 0 Å². The largest absolute Gasteiger partial charge is 0.119 e. The van der Waals surface area contributed by atoms with Crippen LogP contribution >= 0.6 is 23.2 Å². The maximum atomic E-state index is 6.41. The zero-order valence-electron chi connectivity index (χ0n) is 6.71. The molecular weight excluding hydrogens is 179 g/mol. The van der Waals surface area contributed by atoms with Gasteiger partial charge in [0.2, 0.25) is 0 Å². The fourth-order valence-corrected chi connectivity index (χ4v) is 3.73. The van der Waals surface area contributed by atoms with Gasteiger partial charge in [-0.1, -0.05) is 0 Å². The van der Waals surface area contributed by atoms with Gasteiger partial charge in [-0.2, -0.15) is 0 Å². The van der Waals surface area contributed by atoms with Crippen LogP contribution in [0.15, 0.2) is 0 Å². The lowest BCUT2D eigenvalue weighted by atomic mass is 9.71. The molecule has 2 saturated carbocycles. The van der Waals surface area contributed by atoms with Crippen molar-refractivity contribution in [2.45, 2.75) is 54.7 Å². The predicted molar refractivity (Wildman–Crippen MR) is 49.5 cm³/mol. The first-order valence-electron chi connectivity index (χ1n) is 4.50. The van der Waals surface area contributed by atoms with Crippen LogP contribution in [-0.4, -0.2) is 9.75 Å². The molecule has 0 unspecified atom stereocenters. The Kier molecular flexibility index (Phi) is 1.89. The predicted octanol–water partition coefficient (Wildman–Crippen LogP) is 3.70. The number of fused-ring (bicyclic) bond motifs is 2. The van der Waals surface area contributed by atoms with Gasteiger partial charge in [-0.3, -0.25) is 0 Å². The molecule has 0 saturated heterocycles. The lowest BCUT2D eigenvalue weighted by Crippen LogP contribution is -2.42. The van der Waals surface area contributed by atoms with Gasteiger partial charge in [0.05, 0.1) is 0 Å². The lowest BCUT2D eigenvalue weighted by molar-refractivity contribution is 0.234. The highest BCUT2D eigenvalue weighted by molar-refractivity contribution is 6.27. The van der Waals surface area contributed by atoms with Crippen LogP contribution in [0, 0.1) is 0 Å². The molecule has 64 valence electrons. The van der Waals surface area contributed by atoms with Gasteiger partial charge >= 0.3 is 0 Å². The average molecular weight is 193 g/mol. The average Bonchev–Trinajstić information content (AvgIpc) is 1.83. The van der Waals surface area contributed by atoms with Crippen molar-refractivity contribution in [1.82, 2.24) is 0 Å². The van der Waals surface area contributed by atoms with Crippen LogP contribution in [0.25, 0.3) is 0 Å². The first-order valence-corrected chi connectivity index (χ1v) is 5.26. The van der Waals surface area contributed by atoms with E-state index in [9.17, 15) is 0 Å². The number of hydrogen-bond acceptors (Lipinski definition) is 0. The quantitative estimate of drug-likeness (QED) is 0.514. The minimum atomic E-state index is 0.0816. The lowest BCUT2D eigenvalue weighted by Gasteiger charge is -2.46. The zero-order valence-corrected chi connectivity index (χ0v) is 8.22. The molecule has 0 aromatic rings. The Hall–Kier alpha value is 0.580. The number of rotatable bonds is 0. The van der Waals surface area contributed by atoms with E-state index in [1.165, 1.54) is 38.5 Å². The Morgan fingerprint density at radius 1 is 0.727 bits per heavy atom. The number of halogens is 2. The molecule has 0 radical (unpaired) electrons. The van der Waals surface area contributed by atoms with Crippen molar-refractivity contribution in [1.29, 1.82) is 0 Å². The molecule has 11 heavy (non-hydrogen) atoms. The van der Waals surface area contributed by atoms with Crippen LogP contribution in [0.1, 0.15) is 44.9 Å². The first-order chi connectivity index (χ1) is 5.12. The second-order valence-corrected chi connectivity index (χ2v) is 5.79. The van der Waals surface area contributed by atoms with E-state index in [4.69, 9.17) is 23.2 Å². The summed E-state index contributed by atoms with van der Waals surface area (Å²) in [5, 5.41) is 0. The monoisotopic (exact) mass is 192 g/mol. The van der Waals surface area contributed by atoms with Gasteiger partial charge in [0.1, 0.15) is 0 Å². The maximum Gasteiger partial charge on any atom is 0.0463 e. The van der Waals surface area contributed by atoms with E-state index in [0.717, 1.165) is 6.42 Å². The summed E-state index contributed by atoms with van der Waals surface area (Å²) < 4.78 is 0. The second kappa shape index (κ2) is 2.53. The molecule has 0 N–H and O–H groups in total. The molecule has 2 fully saturated rings. The van der Waals surface area contributed by atoms with E-state index in [2.05, 4.69) is 0 Å². The van der Waals surface area contributed by atoms with E-state index in [-0.39, 0.29) is 9.75 Å². The summed E-state index contributed by atoms with van der Waals surface area (Å²) in [5.41, 5.74) is 0. The van der Waals surface area contributed by atoms with Crippen molar-refractivity contribution in [2.24, 2.45) is 0 Å². The normalized spacial score (nSPS) is 50.7. The fraction of sp³-hybridized carbons (Fsp3) is 1.00. The molecule has 2 heteroatoms. The molecule has 0 aromatic heterocycles. The van der Waals surface area contributed by atoms with Gasteiger partial charge in [0, 0.05) is 9.75 Å². The maximum absolute atomic E-state index is 6.41. The Labute approximate surface area is 78.3 Å². The summed E-state index contributed by atoms with van der Waals surface area (Å²) in [7, 11) is 0. The Bertz CT molecular complexity index is 139. The molecule has 2 bridgehead atoms. The van der Waals surface area contributed by atoms with Gasteiger partial charge in [-0.15, -0.1) is 23.2 Å². The molecule has 0 spiro atoms. The first kappa shape index (κ1) is 8.19. The summed E-state index contributed by atoms with van der Waals surface area (Å²) in [4.78, 5) is 0.163. The summed E-state index contributed by atoms with van der Waals surface area (Å²) in [6.45, 7) is 0. The third-order valence-electron chi connectivity index (χ3n) is 3.13. The molecule has 0 aliphatic heterocycles. The van der Waals surface area contributed by atoms with Crippen molar-refractivity contribution in [3.63, 3.8) is 0 Å². The summed E-state index contributed by atoms with van der Waals surface area (Å²) in [6.07, 6.45) is 8.24. The van der Waals surface area contributed by atoms with E-state index in [0.29, 0.717) is 0 Å². The Morgan fingerprint density at radius 3 is 1.36 bits per heavy atom. The van der Waals surface area contributed by atoms with Gasteiger partial charge < -0.3 is 0 Å². The molecular formula is C9H14Cl2. The molecule has 2 rings (SSSR count). The molecule has 0 heterocycles. The summed E-state index contributed by atoms with van der Waals surface area (Å²) in [6, 6.07) is 0. The Morgan fingerprint density at radius 2 is 1.09 bits per heavy atom. The van der Waals surface area contributed by atoms with Crippen molar-refractivity contribution >= 4 is 23.2 Å². The molecule has 0 nitrogen and oxygen atoms in total. The summed E-state index contributed by atoms with van der Waals surface area (Å²) in [5.74, 6) is 0. The van der Waals surface area contributed by atoms with Crippen LogP contribution in [0.4, 0.5) is 0 Å². The minimum Gasteiger partial charge on any atom is -0.119 e. The molecule has 0 amide bonds. The molecule has 2 aliphatic rings. The van der Waals surface area contributed by atoms with Crippen molar-refractivity contribution < 1.29 is 0 Å². The number of alkyl halides is 2. The van der Waals surface area contributed by atoms with Crippen molar-refractivity contribution in [2.75, 3.05) is 0 Å². The topological polar surface area (TPSA) is 0 Å². The highest BCUT2D eigenvalue weighted by Gasteiger charge is 2.45. The highest BCUT2D eigenvalue weighted by Crippen LogP contribution is 2.52. The standard InChI is InChI=1S/C9H14Cl2/c10-8-3-1-4-9(11,7-8)6-2-5-8/h1-7H2. The second-order valence-electron chi connectivity index (χ2n) is 4.19. The van der Waals surface area contributed by atoms with Crippen LogP contribution in [0.5, 0.6) is 0 Å². The van der Waals surface area contributed by atoms with Gasteiger partial charge in [0.15, 0.2) is 0 Å². The van der Waals surface area contributed by atoms with Crippen molar-refractivity contribution in [3.8, 4) is 0 Å². The van der Waals surface area contributed by atoms with E-state index in [1.54, 1.807) is 0 Å². The van der Waals surface area contributed by atoms with Gasteiger partial charge in [-0.25, -0.2) is 0 Å². The van der Waals surface area contributed by atoms with E-state index < -0.39 is 0 Å².